The molecular weight excluding hydrogens is 326 g/mol. The molecule has 0 saturated carbocycles. The Morgan fingerprint density at radius 3 is 2.38 bits per heavy atom. The molecule has 0 aliphatic carbocycles. The Kier molecular flexibility index (Phi) is 4.64. The maximum absolute atomic E-state index is 12.7. The first-order valence-electron chi connectivity index (χ1n) is 8.59. The lowest BCUT2D eigenvalue weighted by molar-refractivity contribution is 0.0781. The van der Waals surface area contributed by atoms with E-state index in [1.54, 1.807) is 30.1 Å². The molecule has 0 fully saturated rings. The van der Waals surface area contributed by atoms with E-state index in [0.717, 1.165) is 0 Å². The zero-order chi connectivity index (χ0) is 18.9. The van der Waals surface area contributed by atoms with E-state index in [1.165, 1.54) is 5.56 Å². The van der Waals surface area contributed by atoms with Crippen LogP contribution in [0.1, 0.15) is 42.5 Å². The molecule has 2 aromatic carbocycles. The third-order valence-electron chi connectivity index (χ3n) is 4.39. The Morgan fingerprint density at radius 2 is 1.73 bits per heavy atom. The number of para-hydroxylation sites is 1. The second-order valence-corrected chi connectivity index (χ2v) is 7.52. The molecule has 1 N–H and O–H groups in total. The number of nitrogens with one attached hydrogen (secondary N) is 1. The molecule has 1 aromatic heterocycles. The van der Waals surface area contributed by atoms with Crippen LogP contribution >= 0.6 is 0 Å². The standard InChI is InChI=1S/C21H23N3O2/c1-21(2,3)15-11-9-14(10-12-15)20(26)24(4)13-18-22-17-8-6-5-7-16(17)19(25)23-18/h5-12H,13H2,1-4H3,(H,22,23,25). The van der Waals surface area contributed by atoms with Gasteiger partial charge in [0.25, 0.3) is 11.5 Å². The van der Waals surface area contributed by atoms with Crippen LogP contribution in [0.4, 0.5) is 0 Å². The molecule has 26 heavy (non-hydrogen) atoms. The number of amides is 1. The highest BCUT2D eigenvalue weighted by Gasteiger charge is 2.17. The molecule has 0 aliphatic rings. The van der Waals surface area contributed by atoms with Crippen LogP contribution in [0.25, 0.3) is 10.9 Å². The number of benzene rings is 2. The molecule has 0 aliphatic heterocycles. The number of carbonyl (C=O) groups is 1. The first-order chi connectivity index (χ1) is 12.3. The lowest BCUT2D eigenvalue weighted by Crippen LogP contribution is -2.28. The molecule has 0 radical (unpaired) electrons. The topological polar surface area (TPSA) is 66.1 Å². The predicted molar refractivity (Wildman–Crippen MR) is 103 cm³/mol. The number of fused-ring (bicyclic) bond motifs is 1. The lowest BCUT2D eigenvalue weighted by atomic mass is 9.86. The van der Waals surface area contributed by atoms with Gasteiger partial charge in [-0.25, -0.2) is 4.98 Å². The Bertz CT molecular complexity index is 998. The van der Waals surface area contributed by atoms with Crippen molar-refractivity contribution in [2.45, 2.75) is 32.7 Å². The number of nitrogens with zero attached hydrogens (tertiary/aromatic N) is 2. The molecule has 0 bridgehead atoms. The second-order valence-electron chi connectivity index (χ2n) is 7.52. The summed E-state index contributed by atoms with van der Waals surface area (Å²) in [6.07, 6.45) is 0. The molecule has 1 heterocycles. The molecule has 3 rings (SSSR count). The molecule has 5 heteroatoms. The first-order valence-corrected chi connectivity index (χ1v) is 8.59. The van der Waals surface area contributed by atoms with Gasteiger partial charge in [0.05, 0.1) is 17.4 Å². The average Bonchev–Trinajstić information content (AvgIpc) is 2.60. The van der Waals surface area contributed by atoms with Gasteiger partial charge in [-0.05, 0) is 35.2 Å². The Hall–Kier alpha value is -2.95. The van der Waals surface area contributed by atoms with Crippen molar-refractivity contribution in [3.8, 4) is 0 Å². The maximum atomic E-state index is 12.7. The van der Waals surface area contributed by atoms with Gasteiger partial charge >= 0.3 is 0 Å². The summed E-state index contributed by atoms with van der Waals surface area (Å²) in [7, 11) is 1.70. The number of rotatable bonds is 3. The van der Waals surface area contributed by atoms with Crippen LogP contribution in [0.2, 0.25) is 0 Å². The van der Waals surface area contributed by atoms with Gasteiger partial charge in [-0.15, -0.1) is 0 Å². The normalized spacial score (nSPS) is 11.5. The van der Waals surface area contributed by atoms with Crippen LogP contribution in [-0.2, 0) is 12.0 Å². The highest BCUT2D eigenvalue weighted by molar-refractivity contribution is 5.94. The summed E-state index contributed by atoms with van der Waals surface area (Å²) in [5, 5.41) is 0.544. The fraction of sp³-hybridized carbons (Fsp3) is 0.286. The lowest BCUT2D eigenvalue weighted by Gasteiger charge is -2.20. The van der Waals surface area contributed by atoms with Crippen LogP contribution in [0.3, 0.4) is 0 Å². The first kappa shape index (κ1) is 17.9. The molecular formula is C21H23N3O2. The van der Waals surface area contributed by atoms with Gasteiger partial charge < -0.3 is 9.88 Å². The smallest absolute Gasteiger partial charge is 0.258 e. The van der Waals surface area contributed by atoms with Crippen molar-refractivity contribution < 1.29 is 4.79 Å². The van der Waals surface area contributed by atoms with E-state index in [1.807, 2.05) is 30.3 Å². The fourth-order valence-electron chi connectivity index (χ4n) is 2.84. The van der Waals surface area contributed by atoms with Gasteiger partial charge in [-0.3, -0.25) is 9.59 Å². The van der Waals surface area contributed by atoms with Gasteiger partial charge in [-0.2, -0.15) is 0 Å². The number of aromatic nitrogens is 2. The highest BCUT2D eigenvalue weighted by Crippen LogP contribution is 2.22. The number of hydrogen-bond acceptors (Lipinski definition) is 3. The summed E-state index contributed by atoms with van der Waals surface area (Å²) >= 11 is 0. The van der Waals surface area contributed by atoms with Crippen LogP contribution in [0, 0.1) is 0 Å². The van der Waals surface area contributed by atoms with Gasteiger partial charge in [0.15, 0.2) is 0 Å². The van der Waals surface area contributed by atoms with E-state index < -0.39 is 0 Å². The fourth-order valence-corrected chi connectivity index (χ4v) is 2.84. The van der Waals surface area contributed by atoms with Crippen molar-refractivity contribution in [1.29, 1.82) is 0 Å². The third-order valence-corrected chi connectivity index (χ3v) is 4.39. The van der Waals surface area contributed by atoms with Crippen molar-refractivity contribution >= 4 is 16.8 Å². The third kappa shape index (κ3) is 3.67. The van der Waals surface area contributed by atoms with E-state index in [0.29, 0.717) is 22.3 Å². The van der Waals surface area contributed by atoms with Gasteiger partial charge in [0, 0.05) is 12.6 Å². The minimum absolute atomic E-state index is 0.0436. The number of carbonyl (C=O) groups excluding carboxylic acids is 1. The van der Waals surface area contributed by atoms with Crippen LogP contribution in [0.5, 0.6) is 0 Å². The molecule has 1 amide bonds. The van der Waals surface area contributed by atoms with E-state index in [2.05, 4.69) is 30.7 Å². The van der Waals surface area contributed by atoms with Crippen molar-refractivity contribution in [2.24, 2.45) is 0 Å². The molecule has 0 unspecified atom stereocenters. The molecule has 0 atom stereocenters. The molecule has 5 nitrogen and oxygen atoms in total. The highest BCUT2D eigenvalue weighted by atomic mass is 16.2. The van der Waals surface area contributed by atoms with Crippen LogP contribution < -0.4 is 5.56 Å². The summed E-state index contributed by atoms with van der Waals surface area (Å²) in [4.78, 5) is 33.6. The summed E-state index contributed by atoms with van der Waals surface area (Å²) in [6.45, 7) is 6.65. The largest absolute Gasteiger partial charge is 0.334 e. The van der Waals surface area contributed by atoms with Crippen molar-refractivity contribution in [3.63, 3.8) is 0 Å². The molecule has 0 spiro atoms. The molecule has 0 saturated heterocycles. The van der Waals surface area contributed by atoms with E-state index in [-0.39, 0.29) is 23.4 Å². The Labute approximate surface area is 152 Å². The van der Waals surface area contributed by atoms with E-state index in [4.69, 9.17) is 0 Å². The number of aromatic amines is 1. The van der Waals surface area contributed by atoms with Crippen LogP contribution in [-0.4, -0.2) is 27.8 Å². The van der Waals surface area contributed by atoms with Crippen molar-refractivity contribution in [3.05, 3.63) is 75.8 Å². The van der Waals surface area contributed by atoms with Crippen LogP contribution in [0.15, 0.2) is 53.3 Å². The zero-order valence-corrected chi connectivity index (χ0v) is 15.5. The summed E-state index contributed by atoms with van der Waals surface area (Å²) in [6, 6.07) is 14.8. The van der Waals surface area contributed by atoms with Crippen molar-refractivity contribution in [1.82, 2.24) is 14.9 Å². The Balaban J connectivity index is 1.80. The maximum Gasteiger partial charge on any atom is 0.258 e. The molecule has 3 aromatic rings. The predicted octanol–water partition coefficient (Wildman–Crippen LogP) is 3.49. The van der Waals surface area contributed by atoms with E-state index in [9.17, 15) is 9.59 Å². The Morgan fingerprint density at radius 1 is 1.08 bits per heavy atom. The minimum Gasteiger partial charge on any atom is -0.334 e. The SMILES string of the molecule is CN(Cc1nc2ccccc2c(=O)[nH]1)C(=O)c1ccc(C(C)(C)C)cc1. The minimum atomic E-state index is -0.194. The summed E-state index contributed by atoms with van der Waals surface area (Å²) in [5.74, 6) is 0.358. The molecule has 134 valence electrons. The van der Waals surface area contributed by atoms with Crippen molar-refractivity contribution in [2.75, 3.05) is 7.05 Å². The number of H-pyrrole nitrogens is 1. The second kappa shape index (κ2) is 6.75. The van der Waals surface area contributed by atoms with E-state index >= 15 is 0 Å². The summed E-state index contributed by atoms with van der Waals surface area (Å²) < 4.78 is 0. The average molecular weight is 349 g/mol. The van der Waals surface area contributed by atoms with Gasteiger partial charge in [0.2, 0.25) is 0 Å². The van der Waals surface area contributed by atoms with Gasteiger partial charge in [-0.1, -0.05) is 45.0 Å². The van der Waals surface area contributed by atoms with Gasteiger partial charge in [0.1, 0.15) is 5.82 Å². The summed E-state index contributed by atoms with van der Waals surface area (Å²) in [5.41, 5.74) is 2.27. The zero-order valence-electron chi connectivity index (χ0n) is 15.5. The monoisotopic (exact) mass is 349 g/mol. The quantitative estimate of drug-likeness (QED) is 0.787. The number of hydrogen-bond donors (Lipinski definition) is 1.